The Kier molecular flexibility index (Phi) is 5.80. The van der Waals surface area contributed by atoms with Crippen molar-refractivity contribution < 1.29 is 22.4 Å². The van der Waals surface area contributed by atoms with Gasteiger partial charge in [0, 0.05) is 36.6 Å². The summed E-state index contributed by atoms with van der Waals surface area (Å²) in [5.74, 6) is 5.81. The zero-order chi connectivity index (χ0) is 23.8. The minimum atomic E-state index is -4.46. The second-order valence-corrected chi connectivity index (χ2v) is 7.52. The first-order valence-electron chi connectivity index (χ1n) is 10.0. The van der Waals surface area contributed by atoms with Crippen LogP contribution in [0, 0.1) is 11.8 Å². The number of nitrogens with zero attached hydrogens (tertiary/aromatic N) is 4. The van der Waals surface area contributed by atoms with E-state index in [9.17, 15) is 22.4 Å². The topological polar surface area (TPSA) is 63.1 Å². The molecule has 0 spiro atoms. The van der Waals surface area contributed by atoms with E-state index in [2.05, 4.69) is 27.2 Å². The lowest BCUT2D eigenvalue weighted by Crippen LogP contribution is -2.43. The predicted octanol–water partition coefficient (Wildman–Crippen LogP) is 4.43. The van der Waals surface area contributed by atoms with Gasteiger partial charge < -0.3 is 10.2 Å². The van der Waals surface area contributed by atoms with Crippen molar-refractivity contribution in [3.05, 3.63) is 70.7 Å². The van der Waals surface area contributed by atoms with E-state index >= 15 is 0 Å². The molecule has 0 aliphatic carbocycles. The summed E-state index contributed by atoms with van der Waals surface area (Å²) in [7, 11) is 1.67. The lowest BCUT2D eigenvalue weighted by Gasteiger charge is -2.32. The number of anilines is 2. The molecular weight excluding hydrogens is 438 g/mol. The number of pyridine rings is 1. The number of benzene rings is 1. The van der Waals surface area contributed by atoms with Crippen LogP contribution in [0.2, 0.25) is 0 Å². The van der Waals surface area contributed by atoms with Crippen LogP contribution >= 0.6 is 0 Å². The third-order valence-corrected chi connectivity index (χ3v) is 5.34. The molecule has 4 rings (SSSR count). The van der Waals surface area contributed by atoms with Crippen molar-refractivity contribution in [3.8, 4) is 11.8 Å². The summed E-state index contributed by atoms with van der Waals surface area (Å²) < 4.78 is 53.6. The summed E-state index contributed by atoms with van der Waals surface area (Å²) >= 11 is 0. The Balaban J connectivity index is 1.68. The van der Waals surface area contributed by atoms with Crippen molar-refractivity contribution in [1.29, 1.82) is 0 Å². The van der Waals surface area contributed by atoms with Gasteiger partial charge in [-0.15, -0.1) is 0 Å². The third kappa shape index (κ3) is 4.26. The van der Waals surface area contributed by atoms with Gasteiger partial charge in [0.2, 0.25) is 0 Å². The number of nitrogens with one attached hydrogen (secondary N) is 1. The van der Waals surface area contributed by atoms with Crippen LogP contribution in [0.1, 0.15) is 45.7 Å². The molecule has 0 bridgehead atoms. The fourth-order valence-corrected chi connectivity index (χ4v) is 3.60. The molecule has 1 atom stereocenters. The fourth-order valence-electron chi connectivity index (χ4n) is 3.60. The minimum Gasteiger partial charge on any atom is -0.373 e. The SMILES string of the molecule is CNc1cc(CF)c(C#Cc2cnn3c2C(=O)N(c2ccc(C(F)(F)F)cc2)C[C@@H]3C)cn1. The summed E-state index contributed by atoms with van der Waals surface area (Å²) in [6, 6.07) is 5.76. The van der Waals surface area contributed by atoms with Gasteiger partial charge in [-0.1, -0.05) is 11.8 Å². The highest BCUT2D eigenvalue weighted by Gasteiger charge is 2.34. The first-order valence-corrected chi connectivity index (χ1v) is 10.0. The summed E-state index contributed by atoms with van der Waals surface area (Å²) in [6.45, 7) is 1.36. The van der Waals surface area contributed by atoms with Crippen LogP contribution in [-0.2, 0) is 12.9 Å². The molecule has 0 unspecified atom stereocenters. The highest BCUT2D eigenvalue weighted by atomic mass is 19.4. The maximum atomic E-state index is 13.4. The van der Waals surface area contributed by atoms with Crippen LogP contribution in [0.3, 0.4) is 0 Å². The first kappa shape index (κ1) is 22.3. The van der Waals surface area contributed by atoms with Gasteiger partial charge in [-0.25, -0.2) is 9.37 Å². The fraction of sp³-hybridized carbons (Fsp3) is 0.261. The van der Waals surface area contributed by atoms with Gasteiger partial charge in [0.15, 0.2) is 0 Å². The monoisotopic (exact) mass is 457 g/mol. The molecule has 33 heavy (non-hydrogen) atoms. The van der Waals surface area contributed by atoms with E-state index in [0.717, 1.165) is 12.1 Å². The molecule has 0 saturated heterocycles. The predicted molar refractivity (Wildman–Crippen MR) is 115 cm³/mol. The van der Waals surface area contributed by atoms with E-state index in [1.54, 1.807) is 17.8 Å². The largest absolute Gasteiger partial charge is 0.416 e. The maximum Gasteiger partial charge on any atom is 0.416 e. The number of rotatable bonds is 3. The number of carbonyl (C=O) groups excluding carboxylic acids is 1. The maximum absolute atomic E-state index is 13.4. The average Bonchev–Trinajstić information content (AvgIpc) is 3.24. The molecule has 0 fully saturated rings. The molecule has 1 aliphatic heterocycles. The lowest BCUT2D eigenvalue weighted by atomic mass is 10.1. The Hall–Kier alpha value is -3.87. The molecule has 1 amide bonds. The molecule has 0 radical (unpaired) electrons. The Morgan fingerprint density at radius 3 is 2.48 bits per heavy atom. The number of hydrogen-bond acceptors (Lipinski definition) is 4. The molecule has 170 valence electrons. The molecule has 6 nitrogen and oxygen atoms in total. The lowest BCUT2D eigenvalue weighted by molar-refractivity contribution is -0.137. The van der Waals surface area contributed by atoms with E-state index in [1.165, 1.54) is 29.4 Å². The van der Waals surface area contributed by atoms with Gasteiger partial charge in [-0.2, -0.15) is 18.3 Å². The Bertz CT molecular complexity index is 1250. The van der Waals surface area contributed by atoms with Crippen LogP contribution in [-0.4, -0.2) is 34.3 Å². The average molecular weight is 457 g/mol. The van der Waals surface area contributed by atoms with E-state index in [1.807, 2.05) is 6.92 Å². The molecule has 3 aromatic rings. The highest BCUT2D eigenvalue weighted by molar-refractivity contribution is 6.07. The van der Waals surface area contributed by atoms with Crippen LogP contribution in [0.25, 0.3) is 0 Å². The summed E-state index contributed by atoms with van der Waals surface area (Å²) in [5.41, 5.74) is 0.856. The van der Waals surface area contributed by atoms with Crippen LogP contribution in [0.15, 0.2) is 42.7 Å². The molecule has 0 saturated carbocycles. The second-order valence-electron chi connectivity index (χ2n) is 7.52. The molecule has 10 heteroatoms. The van der Waals surface area contributed by atoms with Crippen molar-refractivity contribution in [2.24, 2.45) is 0 Å². The van der Waals surface area contributed by atoms with Crippen molar-refractivity contribution in [1.82, 2.24) is 14.8 Å². The Morgan fingerprint density at radius 1 is 1.15 bits per heavy atom. The van der Waals surface area contributed by atoms with Gasteiger partial charge >= 0.3 is 6.18 Å². The molecule has 1 aliphatic rings. The second kappa shape index (κ2) is 8.58. The normalized spacial score (nSPS) is 15.6. The Morgan fingerprint density at radius 2 is 1.85 bits per heavy atom. The third-order valence-electron chi connectivity index (χ3n) is 5.34. The summed E-state index contributed by atoms with van der Waals surface area (Å²) in [4.78, 5) is 18.8. The van der Waals surface area contributed by atoms with Crippen LogP contribution in [0.4, 0.5) is 29.1 Å². The van der Waals surface area contributed by atoms with E-state index in [-0.39, 0.29) is 18.3 Å². The van der Waals surface area contributed by atoms with Crippen molar-refractivity contribution in [3.63, 3.8) is 0 Å². The molecular formula is C23H19F4N5O. The zero-order valence-electron chi connectivity index (χ0n) is 17.7. The molecule has 1 aromatic carbocycles. The number of halogens is 4. The number of alkyl halides is 4. The zero-order valence-corrected chi connectivity index (χ0v) is 17.7. The Labute approximate surface area is 187 Å². The number of aromatic nitrogens is 3. The quantitative estimate of drug-likeness (QED) is 0.467. The number of fused-ring (bicyclic) bond motifs is 1. The van der Waals surface area contributed by atoms with Gasteiger partial charge in [-0.05, 0) is 37.3 Å². The van der Waals surface area contributed by atoms with E-state index in [4.69, 9.17) is 0 Å². The number of amides is 1. The van der Waals surface area contributed by atoms with Gasteiger partial charge in [0.25, 0.3) is 5.91 Å². The van der Waals surface area contributed by atoms with Gasteiger partial charge in [0.1, 0.15) is 18.2 Å². The number of hydrogen-bond donors (Lipinski definition) is 1. The molecule has 2 aromatic heterocycles. The highest BCUT2D eigenvalue weighted by Crippen LogP contribution is 2.32. The van der Waals surface area contributed by atoms with Gasteiger partial charge in [-0.3, -0.25) is 9.48 Å². The van der Waals surface area contributed by atoms with Gasteiger partial charge in [0.05, 0.1) is 23.4 Å². The van der Waals surface area contributed by atoms with Crippen LogP contribution in [0.5, 0.6) is 0 Å². The number of carbonyl (C=O) groups is 1. The summed E-state index contributed by atoms with van der Waals surface area (Å²) in [5, 5.41) is 7.09. The van der Waals surface area contributed by atoms with E-state index < -0.39 is 24.3 Å². The standard InChI is InChI=1S/C23H19F4N5O/c1-14-13-31(19-7-5-18(6-8-19)23(25,26)27)22(33)21-16(12-30-32(14)21)4-3-15-11-29-20(28-2)9-17(15)10-24/h5-9,11-12,14H,10,13H2,1-2H3,(H,28,29)/t14-/m0/s1. The first-order chi connectivity index (χ1) is 15.7. The van der Waals surface area contributed by atoms with Crippen molar-refractivity contribution in [2.45, 2.75) is 25.8 Å². The van der Waals surface area contributed by atoms with Crippen molar-refractivity contribution >= 4 is 17.4 Å². The summed E-state index contributed by atoms with van der Waals surface area (Å²) in [6.07, 6.45) is -1.56. The van der Waals surface area contributed by atoms with E-state index in [0.29, 0.717) is 28.2 Å². The van der Waals surface area contributed by atoms with Crippen LogP contribution < -0.4 is 10.2 Å². The van der Waals surface area contributed by atoms with Crippen molar-refractivity contribution in [2.75, 3.05) is 23.8 Å². The minimum absolute atomic E-state index is 0.225. The molecule has 3 heterocycles. The molecule has 1 N–H and O–H groups in total. The smallest absolute Gasteiger partial charge is 0.373 e.